The third-order valence-corrected chi connectivity index (χ3v) is 5.30. The molecule has 1 unspecified atom stereocenters. The molecular formula is C21H18F3NO3S. The first kappa shape index (κ1) is 21.0. The van der Waals surface area contributed by atoms with E-state index in [1.165, 1.54) is 11.8 Å². The number of fused-ring (bicyclic) bond motifs is 1. The lowest BCUT2D eigenvalue weighted by Crippen LogP contribution is -2.22. The number of thioether (sulfide) groups is 1. The van der Waals surface area contributed by atoms with Crippen LogP contribution in [-0.2, 0) is 9.53 Å². The highest BCUT2D eigenvalue weighted by atomic mass is 32.2. The standard InChI is InChI=1S/C21H18F3NO3S/c1-2-20(26)27-12-14(10-21(22,23)24)13-29-17-6-5-15-8-18(28-19(15)9-17)16-4-3-7-25-11-16/h2-9,11,14H,1,10,12-13H2. The fourth-order valence-corrected chi connectivity index (χ4v) is 3.72. The van der Waals surface area contributed by atoms with Crippen molar-refractivity contribution in [2.24, 2.45) is 5.92 Å². The van der Waals surface area contributed by atoms with Gasteiger partial charge in [0.2, 0.25) is 0 Å². The van der Waals surface area contributed by atoms with Gasteiger partial charge in [-0.25, -0.2) is 4.79 Å². The van der Waals surface area contributed by atoms with Gasteiger partial charge in [-0.15, -0.1) is 11.8 Å². The Kier molecular flexibility index (Phi) is 6.64. The molecule has 1 atom stereocenters. The number of ether oxygens (including phenoxy) is 1. The van der Waals surface area contributed by atoms with E-state index in [9.17, 15) is 18.0 Å². The molecule has 0 amide bonds. The number of carbonyl (C=O) groups excluding carboxylic acids is 1. The van der Waals surface area contributed by atoms with Crippen LogP contribution in [0, 0.1) is 5.92 Å². The van der Waals surface area contributed by atoms with Gasteiger partial charge in [-0.3, -0.25) is 4.98 Å². The molecule has 0 aliphatic carbocycles. The van der Waals surface area contributed by atoms with E-state index in [1.807, 2.05) is 30.3 Å². The van der Waals surface area contributed by atoms with Crippen molar-refractivity contribution < 1.29 is 27.1 Å². The topological polar surface area (TPSA) is 52.3 Å². The summed E-state index contributed by atoms with van der Waals surface area (Å²) in [5.41, 5.74) is 1.48. The molecule has 3 rings (SSSR count). The largest absolute Gasteiger partial charge is 0.462 e. The lowest BCUT2D eigenvalue weighted by Gasteiger charge is -2.18. The minimum absolute atomic E-state index is 0.144. The van der Waals surface area contributed by atoms with Crippen molar-refractivity contribution in [2.75, 3.05) is 12.4 Å². The second-order valence-electron chi connectivity index (χ2n) is 6.38. The minimum Gasteiger partial charge on any atom is -0.462 e. The zero-order valence-corrected chi connectivity index (χ0v) is 16.1. The molecule has 1 aromatic carbocycles. The quantitative estimate of drug-likeness (QED) is 0.258. The summed E-state index contributed by atoms with van der Waals surface area (Å²) in [6.07, 6.45) is -1.07. The molecule has 2 aromatic heterocycles. The van der Waals surface area contributed by atoms with E-state index in [1.54, 1.807) is 18.5 Å². The van der Waals surface area contributed by atoms with E-state index in [2.05, 4.69) is 11.6 Å². The van der Waals surface area contributed by atoms with Crippen molar-refractivity contribution in [3.8, 4) is 11.3 Å². The summed E-state index contributed by atoms with van der Waals surface area (Å²) in [7, 11) is 0. The molecule has 0 fully saturated rings. The fraction of sp³-hybridized carbons (Fsp3) is 0.238. The van der Waals surface area contributed by atoms with Crippen LogP contribution in [0.5, 0.6) is 0 Å². The molecule has 0 bridgehead atoms. The number of pyridine rings is 1. The van der Waals surface area contributed by atoms with Gasteiger partial charge in [0.05, 0.1) is 13.0 Å². The van der Waals surface area contributed by atoms with E-state index in [4.69, 9.17) is 9.15 Å². The second-order valence-corrected chi connectivity index (χ2v) is 7.48. The van der Waals surface area contributed by atoms with Crippen molar-refractivity contribution >= 4 is 28.7 Å². The number of hydrogen-bond donors (Lipinski definition) is 0. The zero-order valence-electron chi connectivity index (χ0n) is 15.3. The molecule has 3 aromatic rings. The summed E-state index contributed by atoms with van der Waals surface area (Å²) in [6.45, 7) is 2.93. The molecule has 4 nitrogen and oxygen atoms in total. The molecule has 0 aliphatic heterocycles. The summed E-state index contributed by atoms with van der Waals surface area (Å²) in [4.78, 5) is 16.0. The average Bonchev–Trinajstić information content (AvgIpc) is 3.13. The first-order valence-electron chi connectivity index (χ1n) is 8.77. The SMILES string of the molecule is C=CC(=O)OCC(CSc1ccc2cc(-c3cccnc3)oc2c1)CC(F)(F)F. The predicted octanol–water partition coefficient (Wildman–Crippen LogP) is 5.88. The molecule has 0 N–H and O–H groups in total. The summed E-state index contributed by atoms with van der Waals surface area (Å²) in [5.74, 6) is -0.781. The number of carbonyl (C=O) groups is 1. The van der Waals surface area contributed by atoms with E-state index in [-0.39, 0.29) is 12.4 Å². The maximum absolute atomic E-state index is 12.8. The van der Waals surface area contributed by atoms with Crippen LogP contribution in [0.25, 0.3) is 22.3 Å². The van der Waals surface area contributed by atoms with Crippen LogP contribution in [-0.4, -0.2) is 29.5 Å². The lowest BCUT2D eigenvalue weighted by molar-refractivity contribution is -0.153. The van der Waals surface area contributed by atoms with Gasteiger partial charge in [-0.1, -0.05) is 6.58 Å². The van der Waals surface area contributed by atoms with Crippen LogP contribution >= 0.6 is 11.8 Å². The van der Waals surface area contributed by atoms with Crippen LogP contribution in [0.2, 0.25) is 0 Å². The fourth-order valence-electron chi connectivity index (χ4n) is 2.72. The lowest BCUT2D eigenvalue weighted by atomic mass is 10.1. The smallest absolute Gasteiger partial charge is 0.389 e. The summed E-state index contributed by atoms with van der Waals surface area (Å²) < 4.78 is 49.1. The molecule has 0 spiro atoms. The molecule has 29 heavy (non-hydrogen) atoms. The Morgan fingerprint density at radius 2 is 2.14 bits per heavy atom. The zero-order chi connectivity index (χ0) is 20.9. The Bertz CT molecular complexity index is 986. The number of halogens is 3. The van der Waals surface area contributed by atoms with Gasteiger partial charge in [0.1, 0.15) is 11.3 Å². The second kappa shape index (κ2) is 9.17. The number of nitrogens with zero attached hydrogens (tertiary/aromatic N) is 1. The highest BCUT2D eigenvalue weighted by molar-refractivity contribution is 7.99. The maximum Gasteiger partial charge on any atom is 0.389 e. The number of furan rings is 1. The van der Waals surface area contributed by atoms with Gasteiger partial charge in [0.25, 0.3) is 0 Å². The van der Waals surface area contributed by atoms with Crippen LogP contribution in [0.15, 0.2) is 70.8 Å². The number of rotatable bonds is 8. The number of aromatic nitrogens is 1. The number of benzene rings is 1. The van der Waals surface area contributed by atoms with Gasteiger partial charge in [-0.2, -0.15) is 13.2 Å². The van der Waals surface area contributed by atoms with Gasteiger partial charge >= 0.3 is 12.1 Å². The van der Waals surface area contributed by atoms with Crippen molar-refractivity contribution in [3.05, 3.63) is 61.4 Å². The monoisotopic (exact) mass is 421 g/mol. The van der Waals surface area contributed by atoms with Crippen molar-refractivity contribution in [3.63, 3.8) is 0 Å². The van der Waals surface area contributed by atoms with Crippen molar-refractivity contribution in [2.45, 2.75) is 17.5 Å². The van der Waals surface area contributed by atoms with Crippen LogP contribution in [0.4, 0.5) is 13.2 Å². The Balaban J connectivity index is 1.70. The van der Waals surface area contributed by atoms with Gasteiger partial charge in [0, 0.05) is 46.0 Å². The number of hydrogen-bond acceptors (Lipinski definition) is 5. The molecule has 0 radical (unpaired) electrons. The molecular weight excluding hydrogens is 403 g/mol. The molecule has 0 aliphatic rings. The highest BCUT2D eigenvalue weighted by Crippen LogP contribution is 2.33. The first-order valence-corrected chi connectivity index (χ1v) is 9.75. The van der Waals surface area contributed by atoms with Crippen LogP contribution in [0.1, 0.15) is 6.42 Å². The maximum atomic E-state index is 12.8. The Hall–Kier alpha value is -2.74. The summed E-state index contributed by atoms with van der Waals surface area (Å²) >= 11 is 1.26. The number of esters is 1. The normalized spacial score (nSPS) is 12.7. The first-order chi connectivity index (χ1) is 13.8. The summed E-state index contributed by atoms with van der Waals surface area (Å²) in [6, 6.07) is 11.1. The highest BCUT2D eigenvalue weighted by Gasteiger charge is 2.32. The van der Waals surface area contributed by atoms with Gasteiger partial charge in [-0.05, 0) is 36.4 Å². The molecule has 0 saturated carbocycles. The van der Waals surface area contributed by atoms with Crippen molar-refractivity contribution in [1.82, 2.24) is 4.98 Å². The number of alkyl halides is 3. The third kappa shape index (κ3) is 6.12. The third-order valence-electron chi connectivity index (χ3n) is 4.07. The predicted molar refractivity (Wildman–Crippen MR) is 105 cm³/mol. The Morgan fingerprint density at radius 3 is 2.83 bits per heavy atom. The average molecular weight is 421 g/mol. The van der Waals surface area contributed by atoms with E-state index >= 15 is 0 Å². The Morgan fingerprint density at radius 1 is 1.31 bits per heavy atom. The van der Waals surface area contributed by atoms with Gasteiger partial charge in [0.15, 0.2) is 0 Å². The molecule has 2 heterocycles. The van der Waals surface area contributed by atoms with E-state index in [0.29, 0.717) is 11.3 Å². The summed E-state index contributed by atoms with van der Waals surface area (Å²) in [5, 5.41) is 0.889. The minimum atomic E-state index is -4.34. The van der Waals surface area contributed by atoms with Crippen molar-refractivity contribution in [1.29, 1.82) is 0 Å². The van der Waals surface area contributed by atoms with E-state index < -0.39 is 24.5 Å². The Labute approximate surface area is 169 Å². The van der Waals surface area contributed by atoms with Crippen LogP contribution < -0.4 is 0 Å². The molecule has 8 heteroatoms. The molecule has 0 saturated heterocycles. The molecule has 152 valence electrons. The van der Waals surface area contributed by atoms with E-state index in [0.717, 1.165) is 21.9 Å². The van der Waals surface area contributed by atoms with Crippen LogP contribution in [0.3, 0.4) is 0 Å². The van der Waals surface area contributed by atoms with Gasteiger partial charge < -0.3 is 9.15 Å².